The van der Waals surface area contributed by atoms with Crippen molar-refractivity contribution < 1.29 is 40.6 Å². The van der Waals surface area contributed by atoms with Crippen LogP contribution in [0.4, 0.5) is 17.6 Å². The number of sulfone groups is 1. The number of nitrogens with one attached hydrogen (secondary N) is 3. The van der Waals surface area contributed by atoms with Crippen LogP contribution in [0.5, 0.6) is 5.88 Å². The van der Waals surface area contributed by atoms with Crippen molar-refractivity contribution in [2.45, 2.75) is 83.2 Å². The molecule has 14 heteroatoms. The number of rotatable bonds is 12. The first-order valence-corrected chi connectivity index (χ1v) is 15.4. The Labute approximate surface area is 238 Å². The van der Waals surface area contributed by atoms with Crippen molar-refractivity contribution in [3.05, 3.63) is 34.9 Å². The van der Waals surface area contributed by atoms with E-state index in [1.54, 1.807) is 20.8 Å². The zero-order valence-electron chi connectivity index (χ0n) is 23.8. The summed E-state index contributed by atoms with van der Waals surface area (Å²) in [5.74, 6) is -0.987. The van der Waals surface area contributed by atoms with Gasteiger partial charge in [0.15, 0.2) is 12.4 Å². The smallest absolute Gasteiger partial charge is 0.422 e. The van der Waals surface area contributed by atoms with E-state index in [9.17, 15) is 31.1 Å². The molecule has 1 aliphatic carbocycles. The van der Waals surface area contributed by atoms with Gasteiger partial charge in [0.05, 0.1) is 48.4 Å². The normalized spacial score (nSPS) is 21.8. The summed E-state index contributed by atoms with van der Waals surface area (Å²) in [5, 5.41) is 25.8. The maximum atomic E-state index is 14.7. The molecule has 2 heterocycles. The maximum absolute atomic E-state index is 14.7. The van der Waals surface area contributed by atoms with E-state index in [4.69, 9.17) is 10.1 Å². The van der Waals surface area contributed by atoms with Crippen molar-refractivity contribution >= 4 is 15.5 Å². The highest BCUT2D eigenvalue weighted by Gasteiger charge is 2.34. The molecule has 4 N–H and O–H groups in total. The number of hydrogen-bond acceptors (Lipinski definition) is 9. The Kier molecular flexibility index (Phi) is 10.5. The summed E-state index contributed by atoms with van der Waals surface area (Å²) in [6, 6.07) is 0.558. The molecular weight excluding hydrogens is 568 g/mol. The van der Waals surface area contributed by atoms with Crippen molar-refractivity contribution in [1.82, 2.24) is 15.6 Å². The molecule has 1 aromatic heterocycles. The average molecular weight is 609 g/mol. The lowest BCUT2D eigenvalue weighted by atomic mass is 9.83. The summed E-state index contributed by atoms with van der Waals surface area (Å²) in [6.45, 7) is 6.05. The van der Waals surface area contributed by atoms with Gasteiger partial charge in [-0.05, 0) is 71.3 Å². The lowest BCUT2D eigenvalue weighted by Gasteiger charge is -2.35. The van der Waals surface area contributed by atoms with Crippen LogP contribution in [0.15, 0.2) is 23.5 Å². The van der Waals surface area contributed by atoms with Crippen molar-refractivity contribution in [3.63, 3.8) is 0 Å². The number of alkyl halides is 3. The van der Waals surface area contributed by atoms with E-state index in [0.29, 0.717) is 50.0 Å². The summed E-state index contributed by atoms with van der Waals surface area (Å²) < 4.78 is 86.5. The molecular formula is C27H40F4N4O5S. The largest absolute Gasteiger partial charge is 0.468 e. The van der Waals surface area contributed by atoms with E-state index < -0.39 is 46.0 Å². The molecule has 2 aliphatic rings. The molecule has 0 unspecified atom stereocenters. The minimum atomic E-state index is -4.60. The number of allylic oxidation sites excluding steroid dienone is 2. The number of hydrogen-bond donors (Lipinski definition) is 4. The monoisotopic (exact) mass is 608 g/mol. The summed E-state index contributed by atoms with van der Waals surface area (Å²) in [4.78, 5) is 3.56. The minimum Gasteiger partial charge on any atom is -0.468 e. The van der Waals surface area contributed by atoms with Crippen molar-refractivity contribution in [3.8, 4) is 5.88 Å². The second-order valence-corrected chi connectivity index (χ2v) is 14.1. The fourth-order valence-corrected chi connectivity index (χ4v) is 6.37. The first-order valence-electron chi connectivity index (χ1n) is 13.6. The predicted octanol–water partition coefficient (Wildman–Crippen LogP) is 3.86. The van der Waals surface area contributed by atoms with Gasteiger partial charge >= 0.3 is 6.18 Å². The molecule has 0 spiro atoms. The Morgan fingerprint density at radius 1 is 1.29 bits per heavy atom. The highest BCUT2D eigenvalue weighted by Crippen LogP contribution is 2.33. The highest BCUT2D eigenvalue weighted by molar-refractivity contribution is 7.91. The maximum Gasteiger partial charge on any atom is 0.422 e. The number of halogens is 4. The molecule has 9 nitrogen and oxygen atoms in total. The van der Waals surface area contributed by atoms with Gasteiger partial charge in [0.25, 0.3) is 0 Å². The molecule has 1 fully saturated rings. The van der Waals surface area contributed by atoms with Gasteiger partial charge in [-0.25, -0.2) is 17.8 Å². The Morgan fingerprint density at radius 3 is 2.56 bits per heavy atom. The molecule has 3 rings (SSSR count). The molecule has 232 valence electrons. The third-order valence-corrected chi connectivity index (χ3v) is 9.43. The summed E-state index contributed by atoms with van der Waals surface area (Å²) >= 11 is 0. The summed E-state index contributed by atoms with van der Waals surface area (Å²) in [7, 11) is -2.98. The molecule has 0 radical (unpaired) electrons. The van der Waals surface area contributed by atoms with E-state index in [0.717, 1.165) is 12.3 Å². The van der Waals surface area contributed by atoms with Gasteiger partial charge in [-0.1, -0.05) is 0 Å². The molecule has 0 amide bonds. The summed E-state index contributed by atoms with van der Waals surface area (Å²) in [6.07, 6.45) is -1.42. The van der Waals surface area contributed by atoms with Gasteiger partial charge < -0.3 is 19.9 Å². The van der Waals surface area contributed by atoms with Crippen molar-refractivity contribution in [1.29, 1.82) is 5.41 Å². The standard InChI is InChI=1S/C27H40F4N4O5S/c1-17(25(2,3)36)35-22-11-18(14-39-16-34-26(4)7-9-41(37,38)10-8-26)5-6-19(22)24(32)20-12-23(33-13-21(20)28)40-15-27(29,30)31/h12-13,17-18,32,34-36H,5-11,14-16H2,1-4H3/t17-,18-/m1/s1. The highest BCUT2D eigenvalue weighted by atomic mass is 32.2. The zero-order valence-corrected chi connectivity index (χ0v) is 24.6. The number of pyridine rings is 1. The SMILES string of the molecule is C[C@@H](NC1=C(C(=N)c2cc(OCC(F)(F)F)ncc2F)CC[C@@H](COCNC2(C)CCS(=O)(=O)CC2)C1)C(C)(C)O. The second kappa shape index (κ2) is 12.9. The van der Waals surface area contributed by atoms with Crippen LogP contribution >= 0.6 is 0 Å². The Morgan fingerprint density at radius 2 is 1.95 bits per heavy atom. The second-order valence-electron chi connectivity index (χ2n) is 11.8. The molecule has 0 bridgehead atoms. The fraction of sp³-hybridized carbons (Fsp3) is 0.704. The van der Waals surface area contributed by atoms with Crippen molar-refractivity contribution in [2.24, 2.45) is 5.92 Å². The Hall–Kier alpha value is -2.29. The lowest BCUT2D eigenvalue weighted by Crippen LogP contribution is -2.49. The number of aromatic nitrogens is 1. The Balaban J connectivity index is 1.71. The van der Waals surface area contributed by atoms with Gasteiger partial charge in [-0.3, -0.25) is 10.7 Å². The average Bonchev–Trinajstić information content (AvgIpc) is 2.87. The number of nitrogens with zero attached hydrogens (tertiary/aromatic N) is 1. The first-order chi connectivity index (χ1) is 18.9. The molecule has 41 heavy (non-hydrogen) atoms. The predicted molar refractivity (Wildman–Crippen MR) is 146 cm³/mol. The topological polar surface area (TPSA) is 134 Å². The minimum absolute atomic E-state index is 0.0392. The van der Waals surface area contributed by atoms with Crippen LogP contribution in [0.1, 0.15) is 65.4 Å². The third-order valence-electron chi connectivity index (χ3n) is 7.78. The molecule has 1 aliphatic heterocycles. The van der Waals surface area contributed by atoms with E-state index >= 15 is 0 Å². The van der Waals surface area contributed by atoms with Gasteiger partial charge in [-0.2, -0.15) is 13.2 Å². The molecule has 0 aromatic carbocycles. The van der Waals surface area contributed by atoms with Crippen LogP contribution in [0, 0.1) is 17.1 Å². The van der Waals surface area contributed by atoms with Crippen LogP contribution in [0.25, 0.3) is 0 Å². The number of ether oxygens (including phenoxy) is 2. The molecule has 2 atom stereocenters. The van der Waals surface area contributed by atoms with Crippen LogP contribution in [-0.4, -0.2) is 79.0 Å². The quantitative estimate of drug-likeness (QED) is 0.122. The van der Waals surface area contributed by atoms with Crippen LogP contribution in [0.2, 0.25) is 0 Å². The van der Waals surface area contributed by atoms with Gasteiger partial charge in [0.1, 0.15) is 9.84 Å². The first kappa shape index (κ1) is 33.2. The number of aliphatic hydroxyl groups is 1. The molecule has 1 saturated heterocycles. The third kappa shape index (κ3) is 9.90. The van der Waals surface area contributed by atoms with Crippen LogP contribution in [-0.2, 0) is 14.6 Å². The van der Waals surface area contributed by atoms with Gasteiger partial charge in [0, 0.05) is 22.9 Å². The molecule has 0 saturated carbocycles. The van der Waals surface area contributed by atoms with E-state index in [2.05, 4.69) is 20.4 Å². The fourth-order valence-electron chi connectivity index (χ4n) is 4.64. The molecule has 1 aromatic rings. The van der Waals surface area contributed by atoms with E-state index in [-0.39, 0.29) is 41.0 Å². The van der Waals surface area contributed by atoms with E-state index in [1.807, 2.05) is 6.92 Å². The Bertz CT molecular complexity index is 1220. The van der Waals surface area contributed by atoms with E-state index in [1.165, 1.54) is 0 Å². The zero-order chi connectivity index (χ0) is 30.6. The van der Waals surface area contributed by atoms with Gasteiger partial charge in [-0.15, -0.1) is 0 Å². The van der Waals surface area contributed by atoms with Crippen LogP contribution < -0.4 is 15.4 Å². The van der Waals surface area contributed by atoms with Crippen molar-refractivity contribution in [2.75, 3.05) is 31.5 Å². The summed E-state index contributed by atoms with van der Waals surface area (Å²) in [5.41, 5.74) is -0.768. The lowest BCUT2D eigenvalue weighted by molar-refractivity contribution is -0.154. The van der Waals surface area contributed by atoms with Gasteiger partial charge in [0.2, 0.25) is 5.88 Å². The van der Waals surface area contributed by atoms with Crippen LogP contribution in [0.3, 0.4) is 0 Å².